The fourth-order valence-corrected chi connectivity index (χ4v) is 2.15. The summed E-state index contributed by atoms with van der Waals surface area (Å²) in [6.45, 7) is 0.182. The first-order valence-electron chi connectivity index (χ1n) is 7.85. The second-order valence-electron chi connectivity index (χ2n) is 5.45. The minimum Gasteiger partial charge on any atom is -0.497 e. The predicted molar refractivity (Wildman–Crippen MR) is 95.9 cm³/mol. The monoisotopic (exact) mass is 339 g/mol. The second kappa shape index (κ2) is 9.27. The molecule has 2 aromatic rings. The third kappa shape index (κ3) is 6.14. The first kappa shape index (κ1) is 18.3. The summed E-state index contributed by atoms with van der Waals surface area (Å²) in [5.74, 6) is -0.121. The zero-order valence-corrected chi connectivity index (χ0v) is 14.3. The number of amides is 1. The molecule has 0 aromatic heterocycles. The molecule has 0 saturated heterocycles. The Morgan fingerprint density at radius 1 is 1.08 bits per heavy atom. The minimum atomic E-state index is -0.565. The maximum atomic E-state index is 12.0. The van der Waals surface area contributed by atoms with Crippen molar-refractivity contribution in [1.29, 1.82) is 0 Å². The van der Waals surface area contributed by atoms with Crippen molar-refractivity contribution < 1.29 is 19.1 Å². The SMILES string of the molecule is COc1cccc(/C=C/C(=O)OCC(=O)N(C)Cc2ccccc2)c1. The number of benzene rings is 2. The van der Waals surface area contributed by atoms with E-state index in [1.807, 2.05) is 48.5 Å². The maximum absolute atomic E-state index is 12.0. The molecule has 0 radical (unpaired) electrons. The Hall–Kier alpha value is -3.08. The van der Waals surface area contributed by atoms with Gasteiger partial charge in [-0.15, -0.1) is 0 Å². The molecule has 0 saturated carbocycles. The van der Waals surface area contributed by atoms with E-state index in [0.29, 0.717) is 12.3 Å². The highest BCUT2D eigenvalue weighted by Gasteiger charge is 2.11. The molecule has 0 spiro atoms. The van der Waals surface area contributed by atoms with Crippen molar-refractivity contribution in [2.75, 3.05) is 20.8 Å². The molecule has 5 nitrogen and oxygen atoms in total. The second-order valence-corrected chi connectivity index (χ2v) is 5.45. The quantitative estimate of drug-likeness (QED) is 0.575. The molecule has 0 fully saturated rings. The molecular formula is C20H21NO4. The highest BCUT2D eigenvalue weighted by Crippen LogP contribution is 2.13. The number of rotatable bonds is 7. The van der Waals surface area contributed by atoms with Crippen molar-refractivity contribution in [3.63, 3.8) is 0 Å². The van der Waals surface area contributed by atoms with Gasteiger partial charge in [0.2, 0.25) is 0 Å². The van der Waals surface area contributed by atoms with Crippen LogP contribution in [-0.2, 0) is 20.9 Å². The molecule has 0 unspecified atom stereocenters. The molecular weight excluding hydrogens is 318 g/mol. The average Bonchev–Trinajstić information content (AvgIpc) is 2.65. The molecule has 0 bridgehead atoms. The zero-order valence-electron chi connectivity index (χ0n) is 14.3. The molecule has 25 heavy (non-hydrogen) atoms. The molecule has 2 aromatic carbocycles. The van der Waals surface area contributed by atoms with Gasteiger partial charge in [0.1, 0.15) is 5.75 Å². The summed E-state index contributed by atoms with van der Waals surface area (Å²) in [5, 5.41) is 0. The Morgan fingerprint density at radius 2 is 1.84 bits per heavy atom. The van der Waals surface area contributed by atoms with Crippen LogP contribution in [0.4, 0.5) is 0 Å². The van der Waals surface area contributed by atoms with E-state index in [1.165, 1.54) is 11.0 Å². The van der Waals surface area contributed by atoms with Crippen LogP contribution < -0.4 is 4.74 Å². The van der Waals surface area contributed by atoms with Gasteiger partial charge in [-0.3, -0.25) is 4.79 Å². The molecule has 0 aliphatic carbocycles. The number of likely N-dealkylation sites (N-methyl/N-ethyl adjacent to an activating group) is 1. The Bertz CT molecular complexity index is 740. The molecule has 0 heterocycles. The summed E-state index contributed by atoms with van der Waals surface area (Å²) in [7, 11) is 3.25. The molecule has 0 aliphatic heterocycles. The van der Waals surface area contributed by atoms with Gasteiger partial charge in [-0.25, -0.2) is 4.79 Å². The van der Waals surface area contributed by atoms with Crippen LogP contribution >= 0.6 is 0 Å². The van der Waals surface area contributed by atoms with Gasteiger partial charge in [0.05, 0.1) is 7.11 Å². The van der Waals surface area contributed by atoms with Gasteiger partial charge in [0.15, 0.2) is 6.61 Å². The van der Waals surface area contributed by atoms with Crippen LogP contribution in [0.1, 0.15) is 11.1 Å². The van der Waals surface area contributed by atoms with Crippen molar-refractivity contribution in [3.05, 3.63) is 71.8 Å². The van der Waals surface area contributed by atoms with E-state index in [4.69, 9.17) is 9.47 Å². The number of nitrogens with zero attached hydrogens (tertiary/aromatic N) is 1. The topological polar surface area (TPSA) is 55.8 Å². The van der Waals surface area contributed by atoms with Gasteiger partial charge < -0.3 is 14.4 Å². The van der Waals surface area contributed by atoms with E-state index in [9.17, 15) is 9.59 Å². The van der Waals surface area contributed by atoms with Crippen molar-refractivity contribution in [1.82, 2.24) is 4.90 Å². The van der Waals surface area contributed by atoms with Crippen LogP contribution in [0.25, 0.3) is 6.08 Å². The lowest BCUT2D eigenvalue weighted by molar-refractivity contribution is -0.147. The lowest BCUT2D eigenvalue weighted by atomic mass is 10.2. The highest BCUT2D eigenvalue weighted by atomic mass is 16.5. The number of hydrogen-bond acceptors (Lipinski definition) is 4. The van der Waals surface area contributed by atoms with Gasteiger partial charge in [-0.1, -0.05) is 42.5 Å². The summed E-state index contributed by atoms with van der Waals surface area (Å²) < 4.78 is 10.1. The summed E-state index contributed by atoms with van der Waals surface area (Å²) in [4.78, 5) is 25.3. The Morgan fingerprint density at radius 3 is 2.56 bits per heavy atom. The van der Waals surface area contributed by atoms with E-state index in [-0.39, 0.29) is 12.5 Å². The van der Waals surface area contributed by atoms with Crippen molar-refractivity contribution in [2.45, 2.75) is 6.54 Å². The molecule has 0 aliphatic rings. The Kier molecular flexibility index (Phi) is 6.77. The first-order chi connectivity index (χ1) is 12.1. The van der Waals surface area contributed by atoms with Crippen LogP contribution in [0.5, 0.6) is 5.75 Å². The van der Waals surface area contributed by atoms with Gasteiger partial charge in [-0.05, 0) is 29.3 Å². The highest BCUT2D eigenvalue weighted by molar-refractivity contribution is 5.89. The lowest BCUT2D eigenvalue weighted by Gasteiger charge is -2.16. The summed E-state index contributed by atoms with van der Waals surface area (Å²) in [6, 6.07) is 16.9. The molecule has 2 rings (SSSR count). The number of carbonyl (C=O) groups excluding carboxylic acids is 2. The van der Waals surface area contributed by atoms with E-state index in [2.05, 4.69) is 0 Å². The molecule has 0 N–H and O–H groups in total. The Balaban J connectivity index is 1.80. The maximum Gasteiger partial charge on any atom is 0.331 e. The molecule has 0 atom stereocenters. The smallest absolute Gasteiger partial charge is 0.331 e. The molecule has 5 heteroatoms. The Labute approximate surface area is 147 Å². The number of carbonyl (C=O) groups is 2. The van der Waals surface area contributed by atoms with Crippen LogP contribution in [-0.4, -0.2) is 37.5 Å². The van der Waals surface area contributed by atoms with Gasteiger partial charge in [0, 0.05) is 19.7 Å². The van der Waals surface area contributed by atoms with Crippen LogP contribution in [0, 0.1) is 0 Å². The van der Waals surface area contributed by atoms with Crippen LogP contribution in [0.15, 0.2) is 60.7 Å². The van der Waals surface area contributed by atoms with Crippen molar-refractivity contribution >= 4 is 18.0 Å². The normalized spacial score (nSPS) is 10.5. The predicted octanol–water partition coefficient (Wildman–Crippen LogP) is 2.91. The average molecular weight is 339 g/mol. The summed E-state index contributed by atoms with van der Waals surface area (Å²) >= 11 is 0. The third-order valence-electron chi connectivity index (χ3n) is 3.53. The molecule has 1 amide bonds. The van der Waals surface area contributed by atoms with Gasteiger partial charge >= 0.3 is 5.97 Å². The third-order valence-corrected chi connectivity index (χ3v) is 3.53. The lowest BCUT2D eigenvalue weighted by Crippen LogP contribution is -2.30. The summed E-state index contributed by atoms with van der Waals surface area (Å²) in [6.07, 6.45) is 2.91. The summed E-state index contributed by atoms with van der Waals surface area (Å²) in [5.41, 5.74) is 1.83. The van der Waals surface area contributed by atoms with Gasteiger partial charge in [-0.2, -0.15) is 0 Å². The first-order valence-corrected chi connectivity index (χ1v) is 7.85. The number of methoxy groups -OCH3 is 1. The molecule has 130 valence electrons. The fourth-order valence-electron chi connectivity index (χ4n) is 2.15. The van der Waals surface area contributed by atoms with E-state index in [1.54, 1.807) is 26.3 Å². The minimum absolute atomic E-state index is 0.257. The van der Waals surface area contributed by atoms with E-state index >= 15 is 0 Å². The van der Waals surface area contributed by atoms with Crippen LogP contribution in [0.3, 0.4) is 0 Å². The van der Waals surface area contributed by atoms with Crippen molar-refractivity contribution in [3.8, 4) is 5.75 Å². The fraction of sp³-hybridized carbons (Fsp3) is 0.200. The number of ether oxygens (including phenoxy) is 2. The zero-order chi connectivity index (χ0) is 18.1. The van der Waals surface area contributed by atoms with Crippen molar-refractivity contribution in [2.24, 2.45) is 0 Å². The standard InChI is InChI=1S/C20H21NO4/c1-21(14-17-7-4-3-5-8-17)19(22)15-25-20(23)12-11-16-9-6-10-18(13-16)24-2/h3-13H,14-15H2,1-2H3/b12-11+. The number of hydrogen-bond donors (Lipinski definition) is 0. The van der Waals surface area contributed by atoms with Gasteiger partial charge in [0.25, 0.3) is 5.91 Å². The van der Waals surface area contributed by atoms with E-state index < -0.39 is 5.97 Å². The largest absolute Gasteiger partial charge is 0.497 e. The number of esters is 1. The van der Waals surface area contributed by atoms with Crippen LogP contribution in [0.2, 0.25) is 0 Å². The van der Waals surface area contributed by atoms with E-state index in [0.717, 1.165) is 11.1 Å².